The van der Waals surface area contributed by atoms with Crippen molar-refractivity contribution in [2.24, 2.45) is 5.92 Å². The minimum Gasteiger partial charge on any atom is -0.350 e. The molecule has 4 N–H and O–H groups in total. The highest BCUT2D eigenvalue weighted by Gasteiger charge is 2.21. The molecular formula is C45H46F2N12O4. The Hall–Kier alpha value is -7.50. The topological polar surface area (TPSA) is 203 Å². The van der Waals surface area contributed by atoms with Crippen LogP contribution < -0.4 is 21.3 Å². The van der Waals surface area contributed by atoms with E-state index in [9.17, 15) is 28.0 Å². The first-order valence-electron chi connectivity index (χ1n) is 20.6. The van der Waals surface area contributed by atoms with Gasteiger partial charge in [-0.15, -0.1) is 0 Å². The SMILES string of the molecule is Cc1cc(CNC(=O)c2cc(C(=O)NCC3CCCCCC3)n3ncnc3n2)ccc1F.Cc1cc(CNC(=O)c2cc(C(=O)NCc3ccccc3)n3ncnc3n2)ccc1F. The number of halogens is 2. The van der Waals surface area contributed by atoms with E-state index < -0.39 is 17.7 Å². The molecule has 1 aliphatic rings. The molecule has 4 aromatic heterocycles. The van der Waals surface area contributed by atoms with Crippen molar-refractivity contribution in [1.82, 2.24) is 60.4 Å². The van der Waals surface area contributed by atoms with Gasteiger partial charge in [-0.05, 0) is 72.6 Å². The van der Waals surface area contributed by atoms with Crippen molar-refractivity contribution < 1.29 is 28.0 Å². The molecule has 4 heterocycles. The lowest BCUT2D eigenvalue weighted by atomic mass is 10.0. The van der Waals surface area contributed by atoms with Crippen molar-refractivity contribution >= 4 is 35.2 Å². The summed E-state index contributed by atoms with van der Waals surface area (Å²) in [5.74, 6) is -1.47. The van der Waals surface area contributed by atoms with Gasteiger partial charge in [0.2, 0.25) is 0 Å². The van der Waals surface area contributed by atoms with Crippen LogP contribution in [0.2, 0.25) is 0 Å². The van der Waals surface area contributed by atoms with Gasteiger partial charge in [0.15, 0.2) is 0 Å². The van der Waals surface area contributed by atoms with Crippen LogP contribution in [0, 0.1) is 31.4 Å². The lowest BCUT2D eigenvalue weighted by molar-refractivity contribution is 0.0925. The summed E-state index contributed by atoms with van der Waals surface area (Å²) in [7, 11) is 0. The van der Waals surface area contributed by atoms with E-state index in [1.54, 1.807) is 38.1 Å². The zero-order valence-corrected chi connectivity index (χ0v) is 34.8. The Kier molecular flexibility index (Phi) is 14.1. The second-order valence-corrected chi connectivity index (χ2v) is 15.3. The maximum absolute atomic E-state index is 13.5. The third kappa shape index (κ3) is 11.3. The number of amides is 4. The number of carbonyl (C=O) groups excluding carboxylic acids is 4. The van der Waals surface area contributed by atoms with Gasteiger partial charge in [0, 0.05) is 38.3 Å². The number of hydrogen-bond acceptors (Lipinski definition) is 10. The number of benzene rings is 3. The number of fused-ring (bicyclic) bond motifs is 2. The molecule has 324 valence electrons. The number of carbonyl (C=O) groups is 4. The van der Waals surface area contributed by atoms with Crippen molar-refractivity contribution in [3.63, 3.8) is 0 Å². The molecule has 0 aliphatic heterocycles. The van der Waals surface area contributed by atoms with Gasteiger partial charge in [0.1, 0.15) is 47.1 Å². The molecule has 1 fully saturated rings. The zero-order chi connectivity index (χ0) is 44.3. The Morgan fingerprint density at radius 1 is 0.571 bits per heavy atom. The highest BCUT2D eigenvalue weighted by molar-refractivity contribution is 5.99. The number of nitrogens with zero attached hydrogens (tertiary/aromatic N) is 8. The van der Waals surface area contributed by atoms with E-state index in [0.29, 0.717) is 30.1 Å². The summed E-state index contributed by atoms with van der Waals surface area (Å²) in [6, 6.07) is 21.5. The quantitative estimate of drug-likeness (QED) is 0.112. The molecule has 3 aromatic carbocycles. The van der Waals surface area contributed by atoms with Crippen molar-refractivity contribution in [2.75, 3.05) is 6.54 Å². The number of aryl methyl sites for hydroxylation is 2. The van der Waals surface area contributed by atoms with Crippen LogP contribution in [0.3, 0.4) is 0 Å². The van der Waals surface area contributed by atoms with Crippen LogP contribution in [0.25, 0.3) is 11.6 Å². The van der Waals surface area contributed by atoms with E-state index in [-0.39, 0.29) is 65.0 Å². The van der Waals surface area contributed by atoms with Crippen LogP contribution in [0.15, 0.2) is 91.5 Å². The van der Waals surface area contributed by atoms with Gasteiger partial charge in [-0.1, -0.05) is 80.3 Å². The fourth-order valence-corrected chi connectivity index (χ4v) is 7.12. The molecule has 18 heteroatoms. The van der Waals surface area contributed by atoms with Crippen molar-refractivity contribution in [1.29, 1.82) is 0 Å². The fourth-order valence-electron chi connectivity index (χ4n) is 7.12. The van der Waals surface area contributed by atoms with Gasteiger partial charge in [0.05, 0.1) is 0 Å². The van der Waals surface area contributed by atoms with E-state index >= 15 is 0 Å². The molecule has 1 saturated carbocycles. The summed E-state index contributed by atoms with van der Waals surface area (Å²) in [5.41, 5.74) is 3.91. The summed E-state index contributed by atoms with van der Waals surface area (Å²) < 4.78 is 29.5. The van der Waals surface area contributed by atoms with Crippen molar-refractivity contribution in [2.45, 2.75) is 72.0 Å². The molecule has 0 radical (unpaired) electrons. The van der Waals surface area contributed by atoms with Crippen LogP contribution in [-0.4, -0.2) is 69.3 Å². The van der Waals surface area contributed by atoms with Gasteiger partial charge >= 0.3 is 0 Å². The van der Waals surface area contributed by atoms with Gasteiger partial charge in [-0.3, -0.25) is 19.2 Å². The number of hydrogen-bond donors (Lipinski definition) is 4. The molecular weight excluding hydrogens is 811 g/mol. The molecule has 0 spiro atoms. The van der Waals surface area contributed by atoms with Crippen LogP contribution in [0.4, 0.5) is 8.78 Å². The largest absolute Gasteiger partial charge is 0.350 e. The third-order valence-electron chi connectivity index (χ3n) is 10.6. The Morgan fingerprint density at radius 3 is 1.52 bits per heavy atom. The second kappa shape index (κ2) is 20.4. The Morgan fingerprint density at radius 2 is 1.03 bits per heavy atom. The van der Waals surface area contributed by atoms with E-state index in [1.807, 2.05) is 30.3 Å². The zero-order valence-electron chi connectivity index (χ0n) is 34.8. The van der Waals surface area contributed by atoms with Crippen molar-refractivity contribution in [3.8, 4) is 0 Å². The highest BCUT2D eigenvalue weighted by atomic mass is 19.1. The van der Waals surface area contributed by atoms with Crippen LogP contribution in [0.1, 0.15) is 108 Å². The number of rotatable bonds is 12. The van der Waals surface area contributed by atoms with Crippen molar-refractivity contribution in [3.05, 3.63) is 154 Å². The molecule has 0 bridgehead atoms. The molecule has 0 unspecified atom stereocenters. The minimum atomic E-state index is -0.482. The minimum absolute atomic E-state index is 0.0317. The molecule has 16 nitrogen and oxygen atoms in total. The predicted octanol–water partition coefficient (Wildman–Crippen LogP) is 5.63. The lowest BCUT2D eigenvalue weighted by Crippen LogP contribution is -2.32. The van der Waals surface area contributed by atoms with Crippen LogP contribution in [-0.2, 0) is 19.6 Å². The maximum Gasteiger partial charge on any atom is 0.270 e. The molecule has 4 amide bonds. The van der Waals surface area contributed by atoms with Crippen LogP contribution >= 0.6 is 0 Å². The number of nitrogens with one attached hydrogen (secondary N) is 4. The predicted molar refractivity (Wildman–Crippen MR) is 227 cm³/mol. The van der Waals surface area contributed by atoms with E-state index in [2.05, 4.69) is 51.4 Å². The average molecular weight is 857 g/mol. The van der Waals surface area contributed by atoms with Gasteiger partial charge in [-0.25, -0.2) is 18.7 Å². The first-order chi connectivity index (χ1) is 30.5. The summed E-state index contributed by atoms with van der Waals surface area (Å²) in [5, 5.41) is 19.4. The van der Waals surface area contributed by atoms with Crippen LogP contribution in [0.5, 0.6) is 0 Å². The molecule has 0 saturated heterocycles. The smallest absolute Gasteiger partial charge is 0.270 e. The Bertz CT molecular complexity index is 2750. The van der Waals surface area contributed by atoms with Gasteiger partial charge in [-0.2, -0.15) is 29.2 Å². The van der Waals surface area contributed by atoms with Gasteiger partial charge in [0.25, 0.3) is 35.2 Å². The molecule has 1 aliphatic carbocycles. The highest BCUT2D eigenvalue weighted by Crippen LogP contribution is 2.22. The molecule has 7 aromatic rings. The van der Waals surface area contributed by atoms with E-state index in [1.165, 1.54) is 71.6 Å². The lowest BCUT2D eigenvalue weighted by Gasteiger charge is -2.15. The summed E-state index contributed by atoms with van der Waals surface area (Å²) in [4.78, 5) is 67.5. The number of aromatic nitrogens is 8. The average Bonchev–Trinajstić information content (AvgIpc) is 3.91. The maximum atomic E-state index is 13.5. The Balaban J connectivity index is 0.000000189. The third-order valence-corrected chi connectivity index (χ3v) is 10.6. The van der Waals surface area contributed by atoms with E-state index in [4.69, 9.17) is 0 Å². The fraction of sp³-hybridized carbons (Fsp3) is 0.289. The summed E-state index contributed by atoms with van der Waals surface area (Å²) in [6.45, 7) is 4.65. The van der Waals surface area contributed by atoms with E-state index in [0.717, 1.165) is 29.5 Å². The summed E-state index contributed by atoms with van der Waals surface area (Å²) >= 11 is 0. The first kappa shape index (κ1) is 43.6. The molecule has 0 atom stereocenters. The Labute approximate surface area is 361 Å². The standard InChI is InChI=1S/C23H27FN6O2.C22H19FN6O2/c1-15-10-17(8-9-18(15)24)13-25-21(31)19-11-20(30-23(29-19)27-14-28-30)22(32)26-12-16-6-4-2-3-5-7-16;1-14-9-16(7-8-17(14)23)12-24-20(30)18-10-19(29-22(28-18)26-13-27-29)21(31)25-11-15-5-3-2-4-6-15/h8-11,14,16H,2-7,12-13H2,1H3,(H,25,31)(H,26,32);2-10,13H,11-12H2,1H3,(H,24,30)(H,25,31). The monoisotopic (exact) mass is 856 g/mol. The second-order valence-electron chi connectivity index (χ2n) is 15.3. The summed E-state index contributed by atoms with van der Waals surface area (Å²) in [6.07, 6.45) is 9.70. The first-order valence-corrected chi connectivity index (χ1v) is 20.6. The molecule has 63 heavy (non-hydrogen) atoms. The normalized spacial score (nSPS) is 12.8. The molecule has 8 rings (SSSR count). The van der Waals surface area contributed by atoms with Gasteiger partial charge < -0.3 is 21.3 Å².